The van der Waals surface area contributed by atoms with E-state index in [1.165, 1.54) is 17.1 Å². The van der Waals surface area contributed by atoms with Gasteiger partial charge in [-0.15, -0.1) is 0 Å². The van der Waals surface area contributed by atoms with E-state index in [-0.39, 0.29) is 36.8 Å². The minimum Gasteiger partial charge on any atom is -0.489 e. The second kappa shape index (κ2) is 16.0. The van der Waals surface area contributed by atoms with E-state index < -0.39 is 11.9 Å². The first-order valence-corrected chi connectivity index (χ1v) is 14.4. The quantitative estimate of drug-likeness (QED) is 0.383. The van der Waals surface area contributed by atoms with E-state index in [9.17, 15) is 14.4 Å². The van der Waals surface area contributed by atoms with Crippen molar-refractivity contribution in [3.05, 3.63) is 47.8 Å². The van der Waals surface area contributed by atoms with Crippen molar-refractivity contribution >= 4 is 23.5 Å². The van der Waals surface area contributed by atoms with E-state index in [0.717, 1.165) is 38.5 Å². The molecule has 10 heteroatoms. The lowest BCUT2D eigenvalue weighted by molar-refractivity contribution is -0.143. The molecule has 1 aliphatic rings. The molecule has 2 aromatic rings. The number of carboxylic acids is 2. The largest absolute Gasteiger partial charge is 0.489 e. The fourth-order valence-electron chi connectivity index (χ4n) is 4.60. The summed E-state index contributed by atoms with van der Waals surface area (Å²) in [5.74, 6) is -0.955. The highest BCUT2D eigenvalue weighted by Gasteiger charge is 2.23. The average Bonchev–Trinajstić information content (AvgIpc) is 3.24. The molecule has 2 heterocycles. The molecule has 0 radical (unpaired) electrons. The number of aromatic nitrogens is 1. The molecule has 1 aromatic carbocycles. The van der Waals surface area contributed by atoms with E-state index in [0.29, 0.717) is 6.54 Å². The van der Waals surface area contributed by atoms with Gasteiger partial charge in [0.2, 0.25) is 5.91 Å². The molecule has 1 aliphatic heterocycles. The van der Waals surface area contributed by atoms with E-state index in [1.807, 2.05) is 24.8 Å². The van der Waals surface area contributed by atoms with Gasteiger partial charge in [-0.25, -0.2) is 0 Å². The number of aliphatic carboxylic acids is 2. The maximum atomic E-state index is 12.6. The Hall–Kier alpha value is -3.53. The average molecular weight is 573 g/mol. The van der Waals surface area contributed by atoms with Gasteiger partial charge in [0.05, 0.1) is 31.2 Å². The number of hydrogen-bond donors (Lipinski definition) is 2. The molecule has 0 spiro atoms. The number of benzene rings is 1. The second-order valence-corrected chi connectivity index (χ2v) is 11.3. The third kappa shape index (κ3) is 10.8. The minimum atomic E-state index is -1.08. The Kier molecular flexibility index (Phi) is 13.2. The smallest absolute Gasteiger partial charge is 0.303 e. The van der Waals surface area contributed by atoms with E-state index in [2.05, 4.69) is 79.4 Å². The van der Waals surface area contributed by atoms with Crippen LogP contribution in [0.15, 0.2) is 36.4 Å². The van der Waals surface area contributed by atoms with Gasteiger partial charge in [-0.05, 0) is 52.0 Å². The summed E-state index contributed by atoms with van der Waals surface area (Å²) in [4.78, 5) is 38.9. The molecule has 0 atom stereocenters. The molecular formula is C31H48N4O6. The Labute approximate surface area is 244 Å². The Balaban J connectivity index is 0.000000642. The van der Waals surface area contributed by atoms with Crippen molar-refractivity contribution in [2.75, 3.05) is 31.1 Å². The summed E-state index contributed by atoms with van der Waals surface area (Å²) >= 11 is 0. The Morgan fingerprint density at radius 1 is 0.854 bits per heavy atom. The standard InChI is InChI=1S/C27H42N4O2.C4H6O4/c1-20(2)27(32)31(21(3)4)19-24-13-12-23(28(24)7)18-29-14-16-30(17-15-29)25-10-8-9-11-26(25)33-22(5)6;5-3(6)1-2-4(7)8/h8-13,20-22H,14-19H2,1-7H3;1-2H2,(H,5,6)(H,7,8). The fourth-order valence-corrected chi connectivity index (χ4v) is 4.60. The van der Waals surface area contributed by atoms with Gasteiger partial charge in [0.15, 0.2) is 0 Å². The Morgan fingerprint density at radius 3 is 1.93 bits per heavy atom. The molecule has 3 rings (SSSR count). The molecule has 0 bridgehead atoms. The molecule has 41 heavy (non-hydrogen) atoms. The van der Waals surface area contributed by atoms with Gasteiger partial charge < -0.3 is 29.3 Å². The first-order chi connectivity index (χ1) is 19.3. The van der Waals surface area contributed by atoms with Gasteiger partial charge in [0.25, 0.3) is 0 Å². The molecule has 0 unspecified atom stereocenters. The molecule has 2 N–H and O–H groups in total. The number of para-hydroxylation sites is 2. The predicted octanol–water partition coefficient (Wildman–Crippen LogP) is 4.46. The van der Waals surface area contributed by atoms with Crippen molar-refractivity contribution in [3.8, 4) is 5.75 Å². The zero-order valence-electron chi connectivity index (χ0n) is 25.7. The molecule has 0 aliphatic carbocycles. The first kappa shape index (κ1) is 33.7. The maximum Gasteiger partial charge on any atom is 0.303 e. The molecule has 1 aromatic heterocycles. The van der Waals surface area contributed by atoms with Crippen molar-refractivity contribution < 1.29 is 29.3 Å². The van der Waals surface area contributed by atoms with Gasteiger partial charge >= 0.3 is 11.9 Å². The van der Waals surface area contributed by atoms with Crippen molar-refractivity contribution in [1.82, 2.24) is 14.4 Å². The van der Waals surface area contributed by atoms with Crippen LogP contribution >= 0.6 is 0 Å². The predicted molar refractivity (Wildman–Crippen MR) is 160 cm³/mol. The van der Waals surface area contributed by atoms with Crippen LogP contribution in [0, 0.1) is 5.92 Å². The van der Waals surface area contributed by atoms with Crippen LogP contribution in [0.25, 0.3) is 0 Å². The number of nitrogens with zero attached hydrogens (tertiary/aromatic N) is 4. The fraction of sp³-hybridized carbons (Fsp3) is 0.581. The van der Waals surface area contributed by atoms with Crippen LogP contribution in [0.5, 0.6) is 5.75 Å². The van der Waals surface area contributed by atoms with Crippen LogP contribution in [0.2, 0.25) is 0 Å². The number of carboxylic acid groups (broad SMARTS) is 2. The van der Waals surface area contributed by atoms with Crippen molar-refractivity contribution in [2.24, 2.45) is 13.0 Å². The highest BCUT2D eigenvalue weighted by Crippen LogP contribution is 2.30. The number of piperazine rings is 1. The number of ether oxygens (including phenoxy) is 1. The summed E-state index contributed by atoms with van der Waals surface area (Å²) in [5, 5.41) is 15.8. The first-order valence-electron chi connectivity index (χ1n) is 14.4. The Bertz CT molecular complexity index is 1120. The van der Waals surface area contributed by atoms with Gasteiger partial charge in [0, 0.05) is 63.1 Å². The molecule has 1 fully saturated rings. The summed E-state index contributed by atoms with van der Waals surface area (Å²) in [6.45, 7) is 17.9. The normalized spacial score (nSPS) is 13.8. The van der Waals surface area contributed by atoms with E-state index in [4.69, 9.17) is 14.9 Å². The topological polar surface area (TPSA) is 116 Å². The lowest BCUT2D eigenvalue weighted by Crippen LogP contribution is -2.46. The number of hydrogen-bond acceptors (Lipinski definition) is 6. The highest BCUT2D eigenvalue weighted by molar-refractivity contribution is 5.78. The van der Waals surface area contributed by atoms with Gasteiger partial charge in [0.1, 0.15) is 5.75 Å². The summed E-state index contributed by atoms with van der Waals surface area (Å²) in [6, 6.07) is 12.9. The highest BCUT2D eigenvalue weighted by atomic mass is 16.5. The summed E-state index contributed by atoms with van der Waals surface area (Å²) in [5.41, 5.74) is 3.67. The number of amides is 1. The lowest BCUT2D eigenvalue weighted by Gasteiger charge is -2.37. The minimum absolute atomic E-state index is 0.0134. The van der Waals surface area contributed by atoms with Crippen LogP contribution in [0.3, 0.4) is 0 Å². The molecule has 1 saturated heterocycles. The van der Waals surface area contributed by atoms with E-state index in [1.54, 1.807) is 0 Å². The molecular weight excluding hydrogens is 524 g/mol. The maximum absolute atomic E-state index is 12.6. The Morgan fingerprint density at radius 2 is 1.41 bits per heavy atom. The zero-order valence-corrected chi connectivity index (χ0v) is 25.7. The van der Waals surface area contributed by atoms with Crippen LogP contribution in [0.4, 0.5) is 5.69 Å². The van der Waals surface area contributed by atoms with Gasteiger partial charge in [-0.1, -0.05) is 26.0 Å². The van der Waals surface area contributed by atoms with Crippen LogP contribution in [-0.2, 0) is 34.5 Å². The van der Waals surface area contributed by atoms with Crippen LogP contribution < -0.4 is 9.64 Å². The molecule has 228 valence electrons. The van der Waals surface area contributed by atoms with Crippen molar-refractivity contribution in [2.45, 2.75) is 79.6 Å². The third-order valence-electron chi connectivity index (χ3n) is 6.94. The number of anilines is 1. The molecule has 0 saturated carbocycles. The van der Waals surface area contributed by atoms with Gasteiger partial charge in [-0.2, -0.15) is 0 Å². The summed E-state index contributed by atoms with van der Waals surface area (Å²) in [7, 11) is 2.12. The molecule has 10 nitrogen and oxygen atoms in total. The summed E-state index contributed by atoms with van der Waals surface area (Å²) < 4.78 is 8.30. The number of rotatable bonds is 12. The van der Waals surface area contributed by atoms with Crippen molar-refractivity contribution in [1.29, 1.82) is 0 Å². The van der Waals surface area contributed by atoms with Crippen molar-refractivity contribution in [3.63, 3.8) is 0 Å². The summed E-state index contributed by atoms with van der Waals surface area (Å²) in [6.07, 6.45) is -0.425. The van der Waals surface area contributed by atoms with E-state index >= 15 is 0 Å². The third-order valence-corrected chi connectivity index (χ3v) is 6.94. The van der Waals surface area contributed by atoms with Crippen LogP contribution in [-0.4, -0.2) is 80.8 Å². The SMILES string of the molecule is CC(C)Oc1ccccc1N1CCN(Cc2ccc(CN(C(=O)C(C)C)C(C)C)n2C)CC1.O=C(O)CCC(=O)O. The van der Waals surface area contributed by atoms with Gasteiger partial charge in [-0.3, -0.25) is 19.3 Å². The lowest BCUT2D eigenvalue weighted by atomic mass is 10.1. The zero-order chi connectivity index (χ0) is 30.7. The second-order valence-electron chi connectivity index (χ2n) is 11.3. The van der Waals surface area contributed by atoms with Crippen LogP contribution in [0.1, 0.15) is 65.8 Å². The molecule has 1 amide bonds. The monoisotopic (exact) mass is 572 g/mol. The number of carbonyl (C=O) groups excluding carboxylic acids is 1. The number of carbonyl (C=O) groups is 3.